The Morgan fingerprint density at radius 2 is 2.11 bits per heavy atom. The largest absolute Gasteiger partial charge is 0.493 e. The lowest BCUT2D eigenvalue weighted by Gasteiger charge is -2.16. The molecule has 1 aromatic carbocycles. The Labute approximate surface area is 111 Å². The molecule has 1 atom stereocenters. The van der Waals surface area contributed by atoms with Crippen molar-refractivity contribution in [1.29, 1.82) is 5.26 Å². The van der Waals surface area contributed by atoms with Crippen LogP contribution in [0.15, 0.2) is 18.2 Å². The van der Waals surface area contributed by atoms with E-state index in [4.69, 9.17) is 10.00 Å². The van der Waals surface area contributed by atoms with Crippen molar-refractivity contribution >= 4 is 0 Å². The van der Waals surface area contributed by atoms with Crippen LogP contribution in [0.25, 0.3) is 0 Å². The van der Waals surface area contributed by atoms with Gasteiger partial charge in [-0.3, -0.25) is 0 Å². The number of nitrogens with zero attached hydrogens (tertiary/aromatic N) is 1. The van der Waals surface area contributed by atoms with E-state index in [1.165, 1.54) is 19.3 Å². The number of aryl methyl sites for hydroxylation is 1. The van der Waals surface area contributed by atoms with Crippen LogP contribution in [0.4, 0.5) is 0 Å². The second-order valence-corrected chi connectivity index (χ2v) is 4.82. The van der Waals surface area contributed by atoms with Crippen molar-refractivity contribution < 1.29 is 4.74 Å². The van der Waals surface area contributed by atoms with Gasteiger partial charge in [-0.2, -0.15) is 5.26 Å². The lowest BCUT2D eigenvalue weighted by Crippen LogP contribution is -2.11. The summed E-state index contributed by atoms with van der Waals surface area (Å²) in [6.45, 7) is 7.16. The topological polar surface area (TPSA) is 33.0 Å². The highest BCUT2D eigenvalue weighted by Crippen LogP contribution is 2.19. The lowest BCUT2D eigenvalue weighted by atomic mass is 10.0. The van der Waals surface area contributed by atoms with Crippen LogP contribution in [0.2, 0.25) is 0 Å². The Kier molecular flexibility index (Phi) is 6.28. The predicted octanol–water partition coefficient (Wildman–Crippen LogP) is 4.46. The zero-order valence-electron chi connectivity index (χ0n) is 11.7. The molecular weight excluding hydrogens is 222 g/mol. The van der Waals surface area contributed by atoms with Gasteiger partial charge in [0.2, 0.25) is 0 Å². The number of hydrogen-bond acceptors (Lipinski definition) is 2. The lowest BCUT2D eigenvalue weighted by molar-refractivity contribution is 0.233. The van der Waals surface area contributed by atoms with E-state index < -0.39 is 0 Å². The van der Waals surface area contributed by atoms with Gasteiger partial charge >= 0.3 is 0 Å². The average molecular weight is 245 g/mol. The third-order valence-corrected chi connectivity index (χ3v) is 3.35. The predicted molar refractivity (Wildman–Crippen MR) is 74.7 cm³/mol. The van der Waals surface area contributed by atoms with Crippen molar-refractivity contribution in [3.05, 3.63) is 29.3 Å². The Balaban J connectivity index is 2.52. The molecule has 0 aliphatic carbocycles. The maximum absolute atomic E-state index is 8.87. The summed E-state index contributed by atoms with van der Waals surface area (Å²) in [4.78, 5) is 0. The van der Waals surface area contributed by atoms with Gasteiger partial charge in [0, 0.05) is 0 Å². The minimum atomic E-state index is 0.640. The molecular formula is C16H23NO. The summed E-state index contributed by atoms with van der Waals surface area (Å²) < 4.78 is 5.83. The van der Waals surface area contributed by atoms with E-state index in [-0.39, 0.29) is 0 Å². The third kappa shape index (κ3) is 4.41. The van der Waals surface area contributed by atoms with Crippen LogP contribution in [-0.4, -0.2) is 6.61 Å². The van der Waals surface area contributed by atoms with Crippen molar-refractivity contribution in [1.82, 2.24) is 0 Å². The summed E-state index contributed by atoms with van der Waals surface area (Å²) in [7, 11) is 0. The monoisotopic (exact) mass is 245 g/mol. The van der Waals surface area contributed by atoms with Crippen LogP contribution in [0, 0.1) is 24.2 Å². The second kappa shape index (κ2) is 7.76. The molecule has 1 rings (SSSR count). The fourth-order valence-corrected chi connectivity index (χ4v) is 1.96. The Morgan fingerprint density at radius 3 is 2.67 bits per heavy atom. The SMILES string of the molecule is CCCCC(CC)COc1ccc(C#N)c(C)c1. The highest BCUT2D eigenvalue weighted by molar-refractivity contribution is 5.41. The maximum atomic E-state index is 8.87. The minimum absolute atomic E-state index is 0.640. The summed E-state index contributed by atoms with van der Waals surface area (Å²) in [5, 5.41) is 8.87. The number of rotatable bonds is 7. The summed E-state index contributed by atoms with van der Waals surface area (Å²) in [5.74, 6) is 1.52. The van der Waals surface area contributed by atoms with E-state index in [0.717, 1.165) is 29.9 Å². The van der Waals surface area contributed by atoms with Crippen LogP contribution in [0.3, 0.4) is 0 Å². The van der Waals surface area contributed by atoms with Crippen molar-refractivity contribution in [2.24, 2.45) is 5.92 Å². The van der Waals surface area contributed by atoms with Crippen LogP contribution >= 0.6 is 0 Å². The fourth-order valence-electron chi connectivity index (χ4n) is 1.96. The standard InChI is InChI=1S/C16H23NO/c1-4-6-7-14(5-2)12-18-16-9-8-15(11-17)13(3)10-16/h8-10,14H,4-7,12H2,1-3H3. The minimum Gasteiger partial charge on any atom is -0.493 e. The van der Waals surface area contributed by atoms with E-state index in [2.05, 4.69) is 19.9 Å². The van der Waals surface area contributed by atoms with Crippen molar-refractivity contribution in [2.75, 3.05) is 6.61 Å². The average Bonchev–Trinajstić information content (AvgIpc) is 2.39. The summed E-state index contributed by atoms with van der Waals surface area (Å²) in [5.41, 5.74) is 1.71. The molecule has 2 nitrogen and oxygen atoms in total. The first-order valence-electron chi connectivity index (χ1n) is 6.84. The molecule has 0 aliphatic heterocycles. The zero-order valence-corrected chi connectivity index (χ0v) is 11.7. The number of unbranched alkanes of at least 4 members (excludes halogenated alkanes) is 1. The maximum Gasteiger partial charge on any atom is 0.119 e. The molecule has 0 aromatic heterocycles. The molecule has 0 saturated carbocycles. The highest BCUT2D eigenvalue weighted by Gasteiger charge is 2.07. The van der Waals surface area contributed by atoms with Crippen LogP contribution in [-0.2, 0) is 0 Å². The summed E-state index contributed by atoms with van der Waals surface area (Å²) in [6, 6.07) is 7.84. The van der Waals surface area contributed by atoms with Gasteiger partial charge in [0.25, 0.3) is 0 Å². The number of hydrogen-bond donors (Lipinski definition) is 0. The van der Waals surface area contributed by atoms with Crippen molar-refractivity contribution in [3.63, 3.8) is 0 Å². The molecule has 0 fully saturated rings. The molecule has 18 heavy (non-hydrogen) atoms. The van der Waals surface area contributed by atoms with Gasteiger partial charge in [0.1, 0.15) is 5.75 Å². The molecule has 0 N–H and O–H groups in total. The van der Waals surface area contributed by atoms with Gasteiger partial charge in [0.05, 0.1) is 18.2 Å². The van der Waals surface area contributed by atoms with Crippen LogP contribution in [0.5, 0.6) is 5.75 Å². The summed E-state index contributed by atoms with van der Waals surface area (Å²) >= 11 is 0. The first kappa shape index (κ1) is 14.6. The Morgan fingerprint density at radius 1 is 1.33 bits per heavy atom. The van der Waals surface area contributed by atoms with E-state index >= 15 is 0 Å². The quantitative estimate of drug-likeness (QED) is 0.710. The smallest absolute Gasteiger partial charge is 0.119 e. The molecule has 98 valence electrons. The molecule has 0 bridgehead atoms. The molecule has 1 unspecified atom stereocenters. The van der Waals surface area contributed by atoms with Gasteiger partial charge < -0.3 is 4.74 Å². The van der Waals surface area contributed by atoms with Crippen LogP contribution in [0.1, 0.15) is 50.7 Å². The van der Waals surface area contributed by atoms with Gasteiger partial charge in [-0.05, 0) is 43.0 Å². The number of benzene rings is 1. The first-order valence-corrected chi connectivity index (χ1v) is 6.84. The molecule has 0 radical (unpaired) electrons. The highest BCUT2D eigenvalue weighted by atomic mass is 16.5. The number of ether oxygens (including phenoxy) is 1. The molecule has 0 aliphatic rings. The molecule has 0 heterocycles. The van der Waals surface area contributed by atoms with Crippen molar-refractivity contribution in [3.8, 4) is 11.8 Å². The normalized spacial score (nSPS) is 11.9. The second-order valence-electron chi connectivity index (χ2n) is 4.82. The zero-order chi connectivity index (χ0) is 13.4. The van der Waals surface area contributed by atoms with E-state index in [1.54, 1.807) is 0 Å². The molecule has 0 saturated heterocycles. The Hall–Kier alpha value is -1.49. The van der Waals surface area contributed by atoms with Gasteiger partial charge in [-0.25, -0.2) is 0 Å². The number of nitriles is 1. The fraction of sp³-hybridized carbons (Fsp3) is 0.562. The molecule has 0 spiro atoms. The third-order valence-electron chi connectivity index (χ3n) is 3.35. The molecule has 2 heteroatoms. The molecule has 0 amide bonds. The summed E-state index contributed by atoms with van der Waals surface area (Å²) in [6.07, 6.45) is 4.91. The van der Waals surface area contributed by atoms with Gasteiger partial charge in [-0.1, -0.05) is 33.1 Å². The molecule has 1 aromatic rings. The van der Waals surface area contributed by atoms with E-state index in [1.807, 2.05) is 25.1 Å². The van der Waals surface area contributed by atoms with E-state index in [0.29, 0.717) is 5.92 Å². The van der Waals surface area contributed by atoms with Gasteiger partial charge in [-0.15, -0.1) is 0 Å². The van der Waals surface area contributed by atoms with Crippen LogP contribution < -0.4 is 4.74 Å². The van der Waals surface area contributed by atoms with Crippen molar-refractivity contribution in [2.45, 2.75) is 46.5 Å². The van der Waals surface area contributed by atoms with E-state index in [9.17, 15) is 0 Å². The van der Waals surface area contributed by atoms with Gasteiger partial charge in [0.15, 0.2) is 0 Å². The Bertz CT molecular complexity index is 406. The first-order chi connectivity index (χ1) is 8.71.